The van der Waals surface area contributed by atoms with E-state index in [2.05, 4.69) is 25.8 Å². The Hall–Kier alpha value is -4.10. The monoisotopic (exact) mass is 565 g/mol. The van der Waals surface area contributed by atoms with E-state index in [-0.39, 0.29) is 35.2 Å². The fourth-order valence-electron chi connectivity index (χ4n) is 3.79. The SMILES string of the molecule is Cc1cccc(C(=O)N[C@@H](c2nnc(SCC(=O)Nc3nc(-c4cccc([N+](=O)[O-])c4)cs3)n2C)C(C)C)c1. The lowest BCUT2D eigenvalue weighted by Crippen LogP contribution is -2.33. The lowest BCUT2D eigenvalue weighted by molar-refractivity contribution is -0.384. The number of nitro benzene ring substituents is 1. The second kappa shape index (κ2) is 12.2. The minimum Gasteiger partial charge on any atom is -0.342 e. The zero-order valence-electron chi connectivity index (χ0n) is 21.7. The minimum atomic E-state index is -0.463. The third-order valence-corrected chi connectivity index (χ3v) is 7.59. The maximum Gasteiger partial charge on any atom is 0.270 e. The van der Waals surface area contributed by atoms with Crippen LogP contribution in [0.2, 0.25) is 0 Å². The molecular weight excluding hydrogens is 538 g/mol. The van der Waals surface area contributed by atoms with Gasteiger partial charge in [0.25, 0.3) is 11.6 Å². The van der Waals surface area contributed by atoms with Gasteiger partial charge in [-0.2, -0.15) is 0 Å². The van der Waals surface area contributed by atoms with Crippen LogP contribution < -0.4 is 10.6 Å². The first-order valence-electron chi connectivity index (χ1n) is 12.0. The molecule has 0 radical (unpaired) electrons. The lowest BCUT2D eigenvalue weighted by atomic mass is 10.0. The molecule has 0 unspecified atom stereocenters. The molecule has 1 atom stereocenters. The Bertz CT molecular complexity index is 1520. The first-order valence-corrected chi connectivity index (χ1v) is 13.9. The van der Waals surface area contributed by atoms with Crippen molar-refractivity contribution in [3.8, 4) is 11.3 Å². The number of nitrogens with zero attached hydrogens (tertiary/aromatic N) is 5. The average Bonchev–Trinajstić information content (AvgIpc) is 3.52. The van der Waals surface area contributed by atoms with Crippen molar-refractivity contribution in [3.63, 3.8) is 0 Å². The first-order chi connectivity index (χ1) is 18.6. The largest absolute Gasteiger partial charge is 0.342 e. The number of nitro groups is 1. The predicted molar refractivity (Wildman–Crippen MR) is 151 cm³/mol. The van der Waals surface area contributed by atoms with E-state index >= 15 is 0 Å². The first kappa shape index (κ1) is 27.9. The summed E-state index contributed by atoms with van der Waals surface area (Å²) in [5.41, 5.74) is 2.68. The van der Waals surface area contributed by atoms with Crippen LogP contribution in [-0.4, -0.2) is 42.2 Å². The van der Waals surface area contributed by atoms with Crippen molar-refractivity contribution in [2.24, 2.45) is 13.0 Å². The topological polar surface area (TPSA) is 145 Å². The molecule has 0 fully saturated rings. The van der Waals surface area contributed by atoms with Gasteiger partial charge in [-0.15, -0.1) is 21.5 Å². The molecule has 2 heterocycles. The van der Waals surface area contributed by atoms with Crippen LogP contribution in [0.1, 0.15) is 41.6 Å². The summed E-state index contributed by atoms with van der Waals surface area (Å²) in [4.78, 5) is 40.4. The van der Waals surface area contributed by atoms with Gasteiger partial charge in [0.2, 0.25) is 5.91 Å². The number of non-ortho nitro benzene ring substituents is 1. The Labute approximate surface area is 233 Å². The summed E-state index contributed by atoms with van der Waals surface area (Å²) in [6, 6.07) is 13.2. The van der Waals surface area contributed by atoms with Crippen molar-refractivity contribution in [3.05, 3.63) is 81.0 Å². The van der Waals surface area contributed by atoms with Gasteiger partial charge >= 0.3 is 0 Å². The summed E-state index contributed by atoms with van der Waals surface area (Å²) >= 11 is 2.45. The van der Waals surface area contributed by atoms with Crippen molar-refractivity contribution < 1.29 is 14.5 Å². The number of carbonyl (C=O) groups is 2. The maximum atomic E-state index is 12.9. The van der Waals surface area contributed by atoms with Gasteiger partial charge in [0.15, 0.2) is 16.1 Å². The highest BCUT2D eigenvalue weighted by atomic mass is 32.2. The van der Waals surface area contributed by atoms with Crippen LogP contribution in [-0.2, 0) is 11.8 Å². The van der Waals surface area contributed by atoms with Gasteiger partial charge in [-0.05, 0) is 25.0 Å². The number of anilines is 1. The van der Waals surface area contributed by atoms with Gasteiger partial charge in [0.1, 0.15) is 0 Å². The molecule has 0 bridgehead atoms. The minimum absolute atomic E-state index is 0.0278. The molecule has 2 aromatic carbocycles. The molecule has 4 aromatic rings. The second-order valence-electron chi connectivity index (χ2n) is 9.15. The van der Waals surface area contributed by atoms with E-state index in [1.54, 1.807) is 35.2 Å². The van der Waals surface area contributed by atoms with E-state index in [0.29, 0.717) is 32.9 Å². The molecule has 0 spiro atoms. The number of benzene rings is 2. The molecule has 0 saturated heterocycles. The number of thioether (sulfide) groups is 1. The molecule has 13 heteroatoms. The molecule has 4 rings (SSSR count). The molecule has 39 heavy (non-hydrogen) atoms. The van der Waals surface area contributed by atoms with E-state index in [4.69, 9.17) is 0 Å². The van der Waals surface area contributed by atoms with Crippen molar-refractivity contribution >= 4 is 45.7 Å². The van der Waals surface area contributed by atoms with Crippen LogP contribution in [0.15, 0.2) is 59.1 Å². The summed E-state index contributed by atoms with van der Waals surface area (Å²) in [7, 11) is 1.80. The van der Waals surface area contributed by atoms with Gasteiger partial charge < -0.3 is 15.2 Å². The predicted octanol–water partition coefficient (Wildman–Crippen LogP) is 5.01. The fraction of sp³-hybridized carbons (Fsp3) is 0.269. The Morgan fingerprint density at radius 3 is 2.64 bits per heavy atom. The summed E-state index contributed by atoms with van der Waals surface area (Å²) in [6.07, 6.45) is 0. The van der Waals surface area contributed by atoms with Crippen molar-refractivity contribution in [1.29, 1.82) is 0 Å². The highest BCUT2D eigenvalue weighted by molar-refractivity contribution is 7.99. The van der Waals surface area contributed by atoms with Crippen LogP contribution >= 0.6 is 23.1 Å². The van der Waals surface area contributed by atoms with Gasteiger partial charge in [-0.3, -0.25) is 19.7 Å². The normalized spacial score (nSPS) is 11.8. The summed E-state index contributed by atoms with van der Waals surface area (Å²) in [6.45, 7) is 5.92. The van der Waals surface area contributed by atoms with Gasteiger partial charge in [-0.25, -0.2) is 4.98 Å². The Kier molecular flexibility index (Phi) is 8.72. The number of hydrogen-bond donors (Lipinski definition) is 2. The van der Waals surface area contributed by atoms with Crippen LogP contribution in [0.25, 0.3) is 11.3 Å². The highest BCUT2D eigenvalue weighted by Gasteiger charge is 2.25. The second-order valence-corrected chi connectivity index (χ2v) is 10.9. The number of hydrogen-bond acceptors (Lipinski definition) is 9. The summed E-state index contributed by atoms with van der Waals surface area (Å²) in [5.74, 6) is 0.239. The Balaban J connectivity index is 1.38. The lowest BCUT2D eigenvalue weighted by Gasteiger charge is -2.21. The maximum absolute atomic E-state index is 12.9. The molecule has 2 aromatic heterocycles. The highest BCUT2D eigenvalue weighted by Crippen LogP contribution is 2.28. The summed E-state index contributed by atoms with van der Waals surface area (Å²) < 4.78 is 1.78. The number of rotatable bonds is 10. The third-order valence-electron chi connectivity index (χ3n) is 5.82. The van der Waals surface area contributed by atoms with E-state index in [1.165, 1.54) is 35.2 Å². The molecular formula is C26H27N7O4S2. The number of aryl methyl sites for hydroxylation is 1. The van der Waals surface area contributed by atoms with E-state index < -0.39 is 4.92 Å². The van der Waals surface area contributed by atoms with Crippen LogP contribution in [0.3, 0.4) is 0 Å². The molecule has 2 amide bonds. The van der Waals surface area contributed by atoms with Crippen molar-refractivity contribution in [2.75, 3.05) is 11.1 Å². The van der Waals surface area contributed by atoms with Gasteiger partial charge in [0.05, 0.1) is 22.4 Å². The molecule has 0 aliphatic rings. The molecule has 202 valence electrons. The fourth-order valence-corrected chi connectivity index (χ4v) is 5.24. The molecule has 2 N–H and O–H groups in total. The molecule has 11 nitrogen and oxygen atoms in total. The van der Waals surface area contributed by atoms with Gasteiger partial charge in [0, 0.05) is 35.7 Å². The quantitative estimate of drug-likeness (QED) is 0.155. The smallest absolute Gasteiger partial charge is 0.270 e. The Morgan fingerprint density at radius 1 is 1.15 bits per heavy atom. The molecule has 0 aliphatic heterocycles. The standard InChI is InChI=1S/C26H27N7O4S2/c1-15(2)22(29-24(35)18-9-5-7-16(3)11-18)23-30-31-26(32(23)4)39-14-21(34)28-25-27-20(13-38-25)17-8-6-10-19(12-17)33(36)37/h5-13,15,22H,14H2,1-4H3,(H,29,35)(H,27,28,34)/t22-/m1/s1. The van der Waals surface area contributed by atoms with Crippen LogP contribution in [0.4, 0.5) is 10.8 Å². The van der Waals surface area contributed by atoms with Crippen molar-refractivity contribution in [1.82, 2.24) is 25.1 Å². The number of carbonyl (C=O) groups excluding carboxylic acids is 2. The zero-order chi connectivity index (χ0) is 28.1. The number of nitrogens with one attached hydrogen (secondary N) is 2. The van der Waals surface area contributed by atoms with Gasteiger partial charge in [-0.1, -0.05) is 55.4 Å². The van der Waals surface area contributed by atoms with E-state index in [9.17, 15) is 19.7 Å². The number of thiazole rings is 1. The third kappa shape index (κ3) is 6.86. The van der Waals surface area contributed by atoms with E-state index in [0.717, 1.165) is 5.56 Å². The zero-order valence-corrected chi connectivity index (χ0v) is 23.4. The molecule has 0 aliphatic carbocycles. The van der Waals surface area contributed by atoms with Crippen molar-refractivity contribution in [2.45, 2.75) is 32.0 Å². The molecule has 0 saturated carbocycles. The van der Waals surface area contributed by atoms with E-state index in [1.807, 2.05) is 39.0 Å². The average molecular weight is 566 g/mol. The van der Waals surface area contributed by atoms with Crippen LogP contribution in [0.5, 0.6) is 0 Å². The number of amides is 2. The Morgan fingerprint density at radius 2 is 1.92 bits per heavy atom. The summed E-state index contributed by atoms with van der Waals surface area (Å²) in [5, 5.41) is 28.0. The number of aromatic nitrogens is 4. The van der Waals surface area contributed by atoms with Crippen LogP contribution in [0, 0.1) is 23.0 Å².